The van der Waals surface area contributed by atoms with Gasteiger partial charge in [0.15, 0.2) is 0 Å². The van der Waals surface area contributed by atoms with E-state index in [0.29, 0.717) is 31.7 Å². The number of rotatable bonds is 8. The fraction of sp³-hybridized carbons (Fsp3) is 0.600. The average Bonchev–Trinajstić information content (AvgIpc) is 2.41. The minimum Gasteiger partial charge on any atom is -0.381 e. The number of halogens is 3. The maximum Gasteiger partial charge on any atom is 0.416 e. The van der Waals surface area contributed by atoms with Crippen molar-refractivity contribution in [1.29, 1.82) is 0 Å². The van der Waals surface area contributed by atoms with Gasteiger partial charge < -0.3 is 10.1 Å². The van der Waals surface area contributed by atoms with Crippen molar-refractivity contribution < 1.29 is 17.9 Å². The predicted molar refractivity (Wildman–Crippen MR) is 73.6 cm³/mol. The van der Waals surface area contributed by atoms with Crippen LogP contribution >= 0.6 is 0 Å². The third kappa shape index (κ3) is 5.51. The number of alkyl halides is 3. The molecule has 114 valence electrons. The first kappa shape index (κ1) is 17.0. The largest absolute Gasteiger partial charge is 0.416 e. The molecular weight excluding hydrogens is 267 g/mol. The maximum atomic E-state index is 12.7. The van der Waals surface area contributed by atoms with Crippen LogP contribution in [0.25, 0.3) is 0 Å². The van der Waals surface area contributed by atoms with Gasteiger partial charge in [-0.05, 0) is 37.1 Å². The summed E-state index contributed by atoms with van der Waals surface area (Å²) in [4.78, 5) is 0. The molecule has 0 aliphatic rings. The molecule has 1 aromatic rings. The van der Waals surface area contributed by atoms with Crippen LogP contribution in [-0.2, 0) is 10.9 Å². The standard InChI is InChI=1S/C15H22F3NO/c1-3-9-20-10-8-14(19-4-2)12-6-5-7-13(11-12)15(16,17)18/h5-7,11,14,19H,3-4,8-10H2,1-2H3. The second-order valence-corrected chi connectivity index (χ2v) is 4.63. The first-order chi connectivity index (χ1) is 9.49. The number of hydrogen-bond acceptors (Lipinski definition) is 2. The fourth-order valence-corrected chi connectivity index (χ4v) is 2.01. The summed E-state index contributed by atoms with van der Waals surface area (Å²) in [5.74, 6) is 0. The summed E-state index contributed by atoms with van der Waals surface area (Å²) in [7, 11) is 0. The quantitative estimate of drug-likeness (QED) is 0.725. The zero-order chi connectivity index (χ0) is 15.0. The summed E-state index contributed by atoms with van der Waals surface area (Å²) in [6, 6.07) is 5.38. The maximum absolute atomic E-state index is 12.7. The van der Waals surface area contributed by atoms with E-state index in [2.05, 4.69) is 5.32 Å². The second-order valence-electron chi connectivity index (χ2n) is 4.63. The van der Waals surface area contributed by atoms with Crippen molar-refractivity contribution >= 4 is 0 Å². The zero-order valence-corrected chi connectivity index (χ0v) is 12.0. The van der Waals surface area contributed by atoms with E-state index in [1.54, 1.807) is 6.07 Å². The first-order valence-electron chi connectivity index (χ1n) is 6.97. The molecule has 1 atom stereocenters. The van der Waals surface area contributed by atoms with Crippen molar-refractivity contribution in [2.45, 2.75) is 38.9 Å². The van der Waals surface area contributed by atoms with Gasteiger partial charge >= 0.3 is 6.18 Å². The van der Waals surface area contributed by atoms with Crippen molar-refractivity contribution in [3.8, 4) is 0 Å². The summed E-state index contributed by atoms with van der Waals surface area (Å²) in [5.41, 5.74) is 0.0501. The molecule has 0 fully saturated rings. The highest BCUT2D eigenvalue weighted by molar-refractivity contribution is 5.28. The van der Waals surface area contributed by atoms with E-state index in [1.807, 2.05) is 13.8 Å². The van der Waals surface area contributed by atoms with Crippen LogP contribution in [0.4, 0.5) is 13.2 Å². The second kappa shape index (κ2) is 8.27. The third-order valence-electron chi connectivity index (χ3n) is 2.97. The summed E-state index contributed by atoms with van der Waals surface area (Å²) < 4.78 is 43.6. The van der Waals surface area contributed by atoms with Gasteiger partial charge in [0.2, 0.25) is 0 Å². The Hall–Kier alpha value is -1.07. The average molecular weight is 289 g/mol. The molecule has 0 bridgehead atoms. The van der Waals surface area contributed by atoms with Crippen LogP contribution in [0.3, 0.4) is 0 Å². The molecule has 0 aliphatic heterocycles. The van der Waals surface area contributed by atoms with Crippen molar-refractivity contribution in [3.05, 3.63) is 35.4 Å². The van der Waals surface area contributed by atoms with Crippen LogP contribution < -0.4 is 5.32 Å². The Morgan fingerprint density at radius 3 is 2.55 bits per heavy atom. The van der Waals surface area contributed by atoms with Crippen LogP contribution in [0.2, 0.25) is 0 Å². The molecule has 0 aromatic heterocycles. The summed E-state index contributed by atoms with van der Waals surface area (Å²) in [6.45, 7) is 5.89. The van der Waals surface area contributed by atoms with E-state index >= 15 is 0 Å². The molecular formula is C15H22F3NO. The minimum atomic E-state index is -4.30. The van der Waals surface area contributed by atoms with E-state index in [1.165, 1.54) is 12.1 Å². The molecule has 5 heteroatoms. The normalized spacial score (nSPS) is 13.4. The fourth-order valence-electron chi connectivity index (χ4n) is 2.01. The Bertz CT molecular complexity index is 393. The van der Waals surface area contributed by atoms with Gasteiger partial charge in [-0.1, -0.05) is 26.0 Å². The van der Waals surface area contributed by atoms with E-state index in [0.717, 1.165) is 12.5 Å². The lowest BCUT2D eigenvalue weighted by Crippen LogP contribution is -2.23. The summed E-state index contributed by atoms with van der Waals surface area (Å²) in [6.07, 6.45) is -2.70. The molecule has 1 N–H and O–H groups in total. The number of benzene rings is 1. The van der Waals surface area contributed by atoms with Gasteiger partial charge in [-0.2, -0.15) is 13.2 Å². The van der Waals surface area contributed by atoms with Crippen molar-refractivity contribution in [3.63, 3.8) is 0 Å². The zero-order valence-electron chi connectivity index (χ0n) is 12.0. The molecule has 0 radical (unpaired) electrons. The molecule has 2 nitrogen and oxygen atoms in total. The van der Waals surface area contributed by atoms with Gasteiger partial charge in [0.25, 0.3) is 0 Å². The molecule has 0 spiro atoms. The lowest BCUT2D eigenvalue weighted by atomic mass is 10.0. The molecule has 0 aliphatic carbocycles. The van der Waals surface area contributed by atoms with Crippen LogP contribution in [0.15, 0.2) is 24.3 Å². The number of hydrogen-bond donors (Lipinski definition) is 1. The van der Waals surface area contributed by atoms with Crippen LogP contribution in [0.1, 0.15) is 43.9 Å². The molecule has 1 rings (SSSR count). The smallest absolute Gasteiger partial charge is 0.381 e. The Morgan fingerprint density at radius 2 is 1.95 bits per heavy atom. The van der Waals surface area contributed by atoms with Gasteiger partial charge in [0.05, 0.1) is 5.56 Å². The van der Waals surface area contributed by atoms with Gasteiger partial charge in [0, 0.05) is 19.3 Å². The van der Waals surface area contributed by atoms with E-state index in [4.69, 9.17) is 4.74 Å². The van der Waals surface area contributed by atoms with E-state index in [-0.39, 0.29) is 6.04 Å². The van der Waals surface area contributed by atoms with Gasteiger partial charge in [-0.25, -0.2) is 0 Å². The van der Waals surface area contributed by atoms with Crippen LogP contribution in [0, 0.1) is 0 Å². The number of ether oxygens (including phenoxy) is 1. The molecule has 1 unspecified atom stereocenters. The highest BCUT2D eigenvalue weighted by Crippen LogP contribution is 2.31. The van der Waals surface area contributed by atoms with Gasteiger partial charge in [-0.3, -0.25) is 0 Å². The SMILES string of the molecule is CCCOCCC(NCC)c1cccc(C(F)(F)F)c1. The van der Waals surface area contributed by atoms with E-state index < -0.39 is 11.7 Å². The summed E-state index contributed by atoms with van der Waals surface area (Å²) >= 11 is 0. The molecule has 0 saturated carbocycles. The van der Waals surface area contributed by atoms with Crippen LogP contribution in [0.5, 0.6) is 0 Å². The first-order valence-corrected chi connectivity index (χ1v) is 6.97. The monoisotopic (exact) mass is 289 g/mol. The third-order valence-corrected chi connectivity index (χ3v) is 2.97. The highest BCUT2D eigenvalue weighted by atomic mass is 19.4. The number of nitrogens with one attached hydrogen (secondary N) is 1. The highest BCUT2D eigenvalue weighted by Gasteiger charge is 2.30. The minimum absolute atomic E-state index is 0.112. The summed E-state index contributed by atoms with van der Waals surface area (Å²) in [5, 5.41) is 3.21. The Labute approximate surface area is 118 Å². The van der Waals surface area contributed by atoms with Crippen molar-refractivity contribution in [1.82, 2.24) is 5.32 Å². The van der Waals surface area contributed by atoms with Crippen molar-refractivity contribution in [2.24, 2.45) is 0 Å². The van der Waals surface area contributed by atoms with Gasteiger partial charge in [-0.15, -0.1) is 0 Å². The molecule has 20 heavy (non-hydrogen) atoms. The molecule has 1 aromatic carbocycles. The molecule has 0 saturated heterocycles. The topological polar surface area (TPSA) is 21.3 Å². The molecule has 0 amide bonds. The Kier molecular flexibility index (Phi) is 7.02. The van der Waals surface area contributed by atoms with Gasteiger partial charge in [0.1, 0.15) is 0 Å². The lowest BCUT2D eigenvalue weighted by Gasteiger charge is -2.19. The lowest BCUT2D eigenvalue weighted by molar-refractivity contribution is -0.137. The molecule has 0 heterocycles. The Balaban J connectivity index is 2.75. The van der Waals surface area contributed by atoms with Crippen LogP contribution in [-0.4, -0.2) is 19.8 Å². The van der Waals surface area contributed by atoms with Crippen molar-refractivity contribution in [2.75, 3.05) is 19.8 Å². The predicted octanol–water partition coefficient (Wildman–Crippen LogP) is 4.17. The van der Waals surface area contributed by atoms with E-state index in [9.17, 15) is 13.2 Å². The Morgan fingerprint density at radius 1 is 1.20 bits per heavy atom.